The van der Waals surface area contributed by atoms with E-state index in [9.17, 15) is 8.42 Å². The van der Waals surface area contributed by atoms with Gasteiger partial charge in [0.25, 0.3) is 0 Å². The number of nitrogens with one attached hydrogen (secondary N) is 2. The van der Waals surface area contributed by atoms with Gasteiger partial charge in [0.2, 0.25) is 10.0 Å². The molecule has 4 rings (SSSR count). The molecule has 2 aromatic carbocycles. The Morgan fingerprint density at radius 2 is 1.74 bits per heavy atom. The maximum absolute atomic E-state index is 12.7. The van der Waals surface area contributed by atoms with E-state index in [1.54, 1.807) is 38.5 Å². The molecule has 0 saturated heterocycles. The molecule has 1 aliphatic rings. The van der Waals surface area contributed by atoms with E-state index in [1.807, 2.05) is 18.2 Å². The summed E-state index contributed by atoms with van der Waals surface area (Å²) < 4.78 is 38.8. The highest BCUT2D eigenvalue weighted by Crippen LogP contribution is 2.32. The molecule has 0 saturated carbocycles. The Morgan fingerprint density at radius 3 is 2.44 bits per heavy atom. The Labute approximate surface area is 158 Å². The van der Waals surface area contributed by atoms with Crippen LogP contribution in [0.1, 0.15) is 17.7 Å². The lowest BCUT2D eigenvalue weighted by Gasteiger charge is -2.23. The van der Waals surface area contributed by atoms with Crippen molar-refractivity contribution >= 4 is 20.9 Å². The molecule has 27 heavy (non-hydrogen) atoms. The first kappa shape index (κ1) is 17.9. The Morgan fingerprint density at radius 1 is 1.04 bits per heavy atom. The molecular formula is C20H22N2O4S. The number of H-pyrrole nitrogens is 1. The predicted octanol–water partition coefficient (Wildman–Crippen LogP) is 3.02. The van der Waals surface area contributed by atoms with Gasteiger partial charge in [0.15, 0.2) is 0 Å². The van der Waals surface area contributed by atoms with Gasteiger partial charge in [-0.2, -0.15) is 0 Å². The number of aromatic amines is 1. The smallest absolute Gasteiger partial charge is 0.240 e. The normalized spacial score (nSPS) is 16.9. The van der Waals surface area contributed by atoms with Crippen LogP contribution in [0.5, 0.6) is 11.5 Å². The third-order valence-electron chi connectivity index (χ3n) is 5.09. The summed E-state index contributed by atoms with van der Waals surface area (Å²) in [5.41, 5.74) is 3.40. The van der Waals surface area contributed by atoms with Gasteiger partial charge < -0.3 is 14.5 Å². The van der Waals surface area contributed by atoms with E-state index in [-0.39, 0.29) is 10.9 Å². The summed E-state index contributed by atoms with van der Waals surface area (Å²) in [6.07, 6.45) is 2.21. The molecule has 2 N–H and O–H groups in total. The summed E-state index contributed by atoms with van der Waals surface area (Å²) in [4.78, 5) is 3.69. The third-order valence-corrected chi connectivity index (χ3v) is 6.62. The monoisotopic (exact) mass is 386 g/mol. The van der Waals surface area contributed by atoms with Crippen LogP contribution in [0.25, 0.3) is 10.9 Å². The summed E-state index contributed by atoms with van der Waals surface area (Å²) in [5, 5.41) is 1.10. The van der Waals surface area contributed by atoms with Crippen molar-refractivity contribution in [3.05, 3.63) is 53.7 Å². The molecule has 1 aliphatic carbocycles. The van der Waals surface area contributed by atoms with Crippen LogP contribution in [-0.4, -0.2) is 33.7 Å². The minimum atomic E-state index is -3.58. The summed E-state index contributed by atoms with van der Waals surface area (Å²) >= 11 is 0. The molecule has 1 atom stereocenters. The van der Waals surface area contributed by atoms with Crippen LogP contribution in [0.2, 0.25) is 0 Å². The Balaban J connectivity index is 1.58. The number of rotatable bonds is 5. The number of aryl methyl sites for hydroxylation is 1. The molecule has 7 heteroatoms. The molecule has 0 radical (unpaired) electrons. The van der Waals surface area contributed by atoms with E-state index in [4.69, 9.17) is 9.47 Å². The number of sulfonamides is 1. The average molecular weight is 386 g/mol. The minimum Gasteiger partial charge on any atom is -0.497 e. The van der Waals surface area contributed by atoms with Gasteiger partial charge in [0.1, 0.15) is 11.5 Å². The van der Waals surface area contributed by atoms with Crippen molar-refractivity contribution < 1.29 is 17.9 Å². The van der Waals surface area contributed by atoms with E-state index in [0.717, 1.165) is 35.1 Å². The van der Waals surface area contributed by atoms with Gasteiger partial charge in [-0.3, -0.25) is 0 Å². The second-order valence-corrected chi connectivity index (χ2v) is 8.44. The van der Waals surface area contributed by atoms with Gasteiger partial charge in [-0.1, -0.05) is 0 Å². The standard InChI is InChI=1S/C20H22N2O4S/c1-25-14-4-7-16(8-5-14)27(23,24)22-13-3-9-19-17(11-13)18-12-15(26-2)6-10-20(18)21-19/h4-8,10,12-13,21-22H,3,9,11H2,1-2H3. The number of aromatic nitrogens is 1. The fourth-order valence-electron chi connectivity index (χ4n) is 3.67. The van der Waals surface area contributed by atoms with Gasteiger partial charge in [-0.25, -0.2) is 13.1 Å². The summed E-state index contributed by atoms with van der Waals surface area (Å²) in [5.74, 6) is 1.43. The van der Waals surface area contributed by atoms with Gasteiger partial charge in [0.05, 0.1) is 19.1 Å². The van der Waals surface area contributed by atoms with Crippen molar-refractivity contribution in [3.63, 3.8) is 0 Å². The molecule has 1 aromatic heterocycles. The summed E-state index contributed by atoms with van der Waals surface area (Å²) in [7, 11) is -0.379. The highest BCUT2D eigenvalue weighted by molar-refractivity contribution is 7.89. The zero-order chi connectivity index (χ0) is 19.0. The van der Waals surface area contributed by atoms with Crippen LogP contribution in [0.3, 0.4) is 0 Å². The van der Waals surface area contributed by atoms with Crippen LogP contribution in [0.15, 0.2) is 47.4 Å². The Hall–Kier alpha value is -2.51. The second kappa shape index (κ2) is 6.90. The van der Waals surface area contributed by atoms with E-state index in [1.165, 1.54) is 5.69 Å². The maximum Gasteiger partial charge on any atom is 0.240 e. The van der Waals surface area contributed by atoms with Crippen molar-refractivity contribution in [2.75, 3.05) is 14.2 Å². The molecular weight excluding hydrogens is 364 g/mol. The number of hydrogen-bond acceptors (Lipinski definition) is 4. The Bertz CT molecular complexity index is 1070. The van der Waals surface area contributed by atoms with Crippen LogP contribution in [0, 0.1) is 0 Å². The van der Waals surface area contributed by atoms with E-state index < -0.39 is 10.0 Å². The number of ether oxygens (including phenoxy) is 2. The lowest BCUT2D eigenvalue weighted by atomic mass is 9.92. The lowest BCUT2D eigenvalue weighted by Crippen LogP contribution is -2.38. The number of methoxy groups -OCH3 is 2. The molecule has 6 nitrogen and oxygen atoms in total. The highest BCUT2D eigenvalue weighted by atomic mass is 32.2. The zero-order valence-electron chi connectivity index (χ0n) is 15.3. The molecule has 0 amide bonds. The number of fused-ring (bicyclic) bond motifs is 3. The quantitative estimate of drug-likeness (QED) is 0.706. The SMILES string of the molecule is COc1ccc(S(=O)(=O)NC2CCc3[nH]c4ccc(OC)cc4c3C2)cc1. The largest absolute Gasteiger partial charge is 0.497 e. The van der Waals surface area contributed by atoms with Crippen LogP contribution >= 0.6 is 0 Å². The molecule has 0 aliphatic heterocycles. The van der Waals surface area contributed by atoms with Crippen LogP contribution in [0.4, 0.5) is 0 Å². The predicted molar refractivity (Wildman–Crippen MR) is 104 cm³/mol. The topological polar surface area (TPSA) is 80.4 Å². The molecule has 0 bridgehead atoms. The first-order chi connectivity index (χ1) is 13.0. The van der Waals surface area contributed by atoms with Crippen molar-refractivity contribution in [3.8, 4) is 11.5 Å². The fraction of sp³-hybridized carbons (Fsp3) is 0.300. The highest BCUT2D eigenvalue weighted by Gasteiger charge is 2.27. The lowest BCUT2D eigenvalue weighted by molar-refractivity contribution is 0.414. The average Bonchev–Trinajstić information content (AvgIpc) is 3.05. The molecule has 1 unspecified atom stereocenters. The second-order valence-electron chi connectivity index (χ2n) is 6.73. The molecule has 0 spiro atoms. The molecule has 1 heterocycles. The first-order valence-electron chi connectivity index (χ1n) is 8.84. The fourth-order valence-corrected chi connectivity index (χ4v) is 4.94. The van der Waals surface area contributed by atoms with Gasteiger partial charge in [-0.15, -0.1) is 0 Å². The zero-order valence-corrected chi connectivity index (χ0v) is 16.1. The van der Waals surface area contributed by atoms with Crippen molar-refractivity contribution in [1.29, 1.82) is 0 Å². The summed E-state index contributed by atoms with van der Waals surface area (Å²) in [6, 6.07) is 12.2. The van der Waals surface area contributed by atoms with Gasteiger partial charge in [0, 0.05) is 22.6 Å². The van der Waals surface area contributed by atoms with E-state index in [2.05, 4.69) is 9.71 Å². The number of benzene rings is 2. The van der Waals surface area contributed by atoms with Crippen molar-refractivity contribution in [1.82, 2.24) is 9.71 Å². The summed E-state index contributed by atoms with van der Waals surface area (Å²) in [6.45, 7) is 0. The number of hydrogen-bond donors (Lipinski definition) is 2. The molecule has 3 aromatic rings. The molecule has 142 valence electrons. The first-order valence-corrected chi connectivity index (χ1v) is 10.3. The molecule has 0 fully saturated rings. The minimum absolute atomic E-state index is 0.144. The van der Waals surface area contributed by atoms with Gasteiger partial charge in [-0.05, 0) is 67.3 Å². The maximum atomic E-state index is 12.7. The van der Waals surface area contributed by atoms with Crippen LogP contribution in [-0.2, 0) is 22.9 Å². The van der Waals surface area contributed by atoms with E-state index >= 15 is 0 Å². The van der Waals surface area contributed by atoms with Crippen molar-refractivity contribution in [2.45, 2.75) is 30.2 Å². The third kappa shape index (κ3) is 3.40. The van der Waals surface area contributed by atoms with Gasteiger partial charge >= 0.3 is 0 Å². The van der Waals surface area contributed by atoms with Crippen LogP contribution < -0.4 is 14.2 Å². The Kier molecular flexibility index (Phi) is 4.57. The van der Waals surface area contributed by atoms with E-state index in [0.29, 0.717) is 12.2 Å². The van der Waals surface area contributed by atoms with Crippen molar-refractivity contribution in [2.24, 2.45) is 0 Å².